The maximum Gasteiger partial charge on any atom is 0.196 e. The Bertz CT molecular complexity index is 825. The molecule has 0 atom stereocenters. The average Bonchev–Trinajstić information content (AvgIpc) is 2.86. The van der Waals surface area contributed by atoms with Crippen molar-refractivity contribution in [2.45, 2.75) is 24.8 Å². The fourth-order valence-electron chi connectivity index (χ4n) is 2.37. The van der Waals surface area contributed by atoms with E-state index in [1.165, 1.54) is 23.9 Å². The van der Waals surface area contributed by atoms with Crippen molar-refractivity contribution >= 4 is 11.8 Å². The maximum absolute atomic E-state index is 13.3. The number of benzene rings is 2. The lowest BCUT2D eigenvalue weighted by Gasteiger charge is -2.11. The number of halogens is 2. The number of nitrogens with zero attached hydrogens (tertiary/aromatic N) is 3. The number of aryl methyl sites for hydroxylation is 2. The maximum atomic E-state index is 13.3. The molecule has 3 rings (SSSR count). The topological polar surface area (TPSA) is 30.7 Å². The molecule has 6 heteroatoms. The molecule has 0 amide bonds. The quantitative estimate of drug-likeness (QED) is 0.662. The highest BCUT2D eigenvalue weighted by molar-refractivity contribution is 7.98. The standard InChI is InChI=1S/C17H15F2N3S/c1-11-5-3-4-6-16(11)22-12(2)20-21-17(22)23-10-13-7-14(18)9-15(19)8-13/h3-9H,10H2,1-2H3. The Hall–Kier alpha value is -2.21. The van der Waals surface area contributed by atoms with Crippen molar-refractivity contribution in [3.63, 3.8) is 0 Å². The van der Waals surface area contributed by atoms with Crippen LogP contribution in [0.25, 0.3) is 5.69 Å². The van der Waals surface area contributed by atoms with Crippen LogP contribution in [0.3, 0.4) is 0 Å². The molecule has 23 heavy (non-hydrogen) atoms. The smallest absolute Gasteiger partial charge is 0.196 e. The summed E-state index contributed by atoms with van der Waals surface area (Å²) in [5, 5.41) is 9.00. The summed E-state index contributed by atoms with van der Waals surface area (Å²) >= 11 is 1.40. The van der Waals surface area contributed by atoms with Gasteiger partial charge in [-0.3, -0.25) is 4.57 Å². The number of para-hydroxylation sites is 1. The summed E-state index contributed by atoms with van der Waals surface area (Å²) in [7, 11) is 0. The SMILES string of the molecule is Cc1ccccc1-n1c(C)nnc1SCc1cc(F)cc(F)c1. The van der Waals surface area contributed by atoms with Crippen LogP contribution < -0.4 is 0 Å². The van der Waals surface area contributed by atoms with Gasteiger partial charge in [-0.2, -0.15) is 0 Å². The first-order chi connectivity index (χ1) is 11.0. The third-order valence-electron chi connectivity index (χ3n) is 3.44. The van der Waals surface area contributed by atoms with E-state index in [2.05, 4.69) is 10.2 Å². The summed E-state index contributed by atoms with van der Waals surface area (Å²) in [6.45, 7) is 3.90. The van der Waals surface area contributed by atoms with Gasteiger partial charge in [0.1, 0.15) is 17.5 Å². The minimum Gasteiger partial charge on any atom is -0.274 e. The fourth-order valence-corrected chi connectivity index (χ4v) is 3.29. The van der Waals surface area contributed by atoms with Crippen molar-refractivity contribution in [2.75, 3.05) is 0 Å². The van der Waals surface area contributed by atoms with Crippen LogP contribution in [-0.4, -0.2) is 14.8 Å². The van der Waals surface area contributed by atoms with Gasteiger partial charge in [0, 0.05) is 11.8 Å². The Morgan fingerprint density at radius 3 is 2.39 bits per heavy atom. The highest BCUT2D eigenvalue weighted by atomic mass is 32.2. The van der Waals surface area contributed by atoms with Gasteiger partial charge in [0.2, 0.25) is 0 Å². The molecule has 0 fully saturated rings. The predicted molar refractivity (Wildman–Crippen MR) is 86.8 cm³/mol. The van der Waals surface area contributed by atoms with Crippen molar-refractivity contribution in [3.05, 3.63) is 71.1 Å². The lowest BCUT2D eigenvalue weighted by atomic mass is 10.2. The Kier molecular flexibility index (Phi) is 4.43. The van der Waals surface area contributed by atoms with Gasteiger partial charge in [-0.15, -0.1) is 10.2 Å². The lowest BCUT2D eigenvalue weighted by Crippen LogP contribution is -2.01. The van der Waals surface area contributed by atoms with Crippen LogP contribution in [0.2, 0.25) is 0 Å². The Morgan fingerprint density at radius 1 is 1.00 bits per heavy atom. The third-order valence-corrected chi connectivity index (χ3v) is 4.44. The van der Waals surface area contributed by atoms with Gasteiger partial charge < -0.3 is 0 Å². The molecule has 0 saturated carbocycles. The van der Waals surface area contributed by atoms with Crippen LogP contribution in [0.4, 0.5) is 8.78 Å². The second kappa shape index (κ2) is 6.50. The molecule has 3 nitrogen and oxygen atoms in total. The Morgan fingerprint density at radius 2 is 1.70 bits per heavy atom. The zero-order chi connectivity index (χ0) is 16.4. The van der Waals surface area contributed by atoms with E-state index < -0.39 is 11.6 Å². The van der Waals surface area contributed by atoms with Crippen molar-refractivity contribution in [1.82, 2.24) is 14.8 Å². The molecule has 0 aliphatic rings. The van der Waals surface area contributed by atoms with E-state index in [1.54, 1.807) is 0 Å². The van der Waals surface area contributed by atoms with Gasteiger partial charge >= 0.3 is 0 Å². The molecule has 0 aliphatic carbocycles. The summed E-state index contributed by atoms with van der Waals surface area (Å²) in [6.07, 6.45) is 0. The summed E-state index contributed by atoms with van der Waals surface area (Å²) in [5.41, 5.74) is 2.68. The van der Waals surface area contributed by atoms with Crippen LogP contribution in [0.5, 0.6) is 0 Å². The number of thioether (sulfide) groups is 1. The fraction of sp³-hybridized carbons (Fsp3) is 0.176. The van der Waals surface area contributed by atoms with E-state index in [0.717, 1.165) is 23.1 Å². The molecule has 1 aromatic heterocycles. The molecule has 118 valence electrons. The van der Waals surface area contributed by atoms with Crippen LogP contribution in [0.15, 0.2) is 47.6 Å². The zero-order valence-corrected chi connectivity index (χ0v) is 13.6. The van der Waals surface area contributed by atoms with Crippen molar-refractivity contribution in [1.29, 1.82) is 0 Å². The van der Waals surface area contributed by atoms with Gasteiger partial charge in [0.05, 0.1) is 5.69 Å². The van der Waals surface area contributed by atoms with E-state index >= 15 is 0 Å². The highest BCUT2D eigenvalue weighted by Crippen LogP contribution is 2.26. The van der Waals surface area contributed by atoms with Crippen LogP contribution >= 0.6 is 11.8 Å². The number of hydrogen-bond acceptors (Lipinski definition) is 3. The van der Waals surface area contributed by atoms with Crippen molar-refractivity contribution in [3.8, 4) is 5.69 Å². The lowest BCUT2D eigenvalue weighted by molar-refractivity contribution is 0.581. The summed E-state index contributed by atoms with van der Waals surface area (Å²) in [5.74, 6) is 0.0418. The van der Waals surface area contributed by atoms with E-state index in [-0.39, 0.29) is 0 Å². The van der Waals surface area contributed by atoms with Crippen LogP contribution in [-0.2, 0) is 5.75 Å². The molecule has 0 N–H and O–H groups in total. The minimum absolute atomic E-state index is 0.415. The first kappa shape index (κ1) is 15.7. The van der Waals surface area contributed by atoms with Crippen molar-refractivity contribution < 1.29 is 8.78 Å². The van der Waals surface area contributed by atoms with Gasteiger partial charge in [0.15, 0.2) is 5.16 Å². The van der Waals surface area contributed by atoms with E-state index in [1.807, 2.05) is 42.7 Å². The number of rotatable bonds is 4. The van der Waals surface area contributed by atoms with Crippen molar-refractivity contribution in [2.24, 2.45) is 0 Å². The molecular formula is C17H15F2N3S. The normalized spacial score (nSPS) is 11.0. The van der Waals surface area contributed by atoms with Crippen LogP contribution in [0.1, 0.15) is 17.0 Å². The summed E-state index contributed by atoms with van der Waals surface area (Å²) < 4.78 is 28.5. The molecule has 0 aliphatic heterocycles. The van der Waals surface area contributed by atoms with Gasteiger partial charge in [-0.05, 0) is 43.2 Å². The van der Waals surface area contributed by atoms with E-state index in [4.69, 9.17) is 0 Å². The second-order valence-electron chi connectivity index (χ2n) is 5.22. The first-order valence-corrected chi connectivity index (χ1v) is 8.09. The summed E-state index contributed by atoms with van der Waals surface area (Å²) in [4.78, 5) is 0. The second-order valence-corrected chi connectivity index (χ2v) is 6.16. The third kappa shape index (κ3) is 3.42. The monoisotopic (exact) mass is 331 g/mol. The number of hydrogen-bond donors (Lipinski definition) is 0. The first-order valence-electron chi connectivity index (χ1n) is 7.10. The van der Waals surface area contributed by atoms with Gasteiger partial charge in [-0.1, -0.05) is 30.0 Å². The molecule has 0 saturated heterocycles. The molecule has 0 spiro atoms. The highest BCUT2D eigenvalue weighted by Gasteiger charge is 2.13. The largest absolute Gasteiger partial charge is 0.274 e. The zero-order valence-electron chi connectivity index (χ0n) is 12.8. The Balaban J connectivity index is 1.89. The average molecular weight is 331 g/mol. The molecule has 1 heterocycles. The molecule has 0 radical (unpaired) electrons. The molecule has 0 bridgehead atoms. The number of aromatic nitrogens is 3. The molecule has 3 aromatic rings. The Labute approximate surface area is 137 Å². The van der Waals surface area contributed by atoms with E-state index in [9.17, 15) is 8.78 Å². The van der Waals surface area contributed by atoms with Gasteiger partial charge in [0.25, 0.3) is 0 Å². The summed E-state index contributed by atoms with van der Waals surface area (Å²) in [6, 6.07) is 11.5. The van der Waals surface area contributed by atoms with Gasteiger partial charge in [-0.25, -0.2) is 8.78 Å². The minimum atomic E-state index is -0.572. The van der Waals surface area contributed by atoms with Crippen LogP contribution in [0, 0.1) is 25.5 Å². The molecular weight excluding hydrogens is 316 g/mol. The predicted octanol–water partition coefficient (Wildman–Crippen LogP) is 4.45. The molecule has 2 aromatic carbocycles. The molecule has 0 unspecified atom stereocenters. The van der Waals surface area contributed by atoms with E-state index in [0.29, 0.717) is 16.5 Å².